The molecule has 1 heterocycles. The van der Waals surface area contributed by atoms with Crippen LogP contribution in [-0.4, -0.2) is 58.7 Å². The number of nitrogens with one attached hydrogen (secondary N) is 3. The Bertz CT molecular complexity index is 1630. The van der Waals surface area contributed by atoms with E-state index in [0.717, 1.165) is 11.1 Å². The fourth-order valence-corrected chi connectivity index (χ4v) is 5.42. The molecule has 0 aliphatic carbocycles. The second kappa shape index (κ2) is 15.9. The highest BCUT2D eigenvalue weighted by Gasteiger charge is 2.36. The standard InChI is InChI=1S/C35H38Cl2N4O6/c1-35(2,3)47-34(46)38-18-17-28(32(44)39-25-13-14-26(36)27(37)20-25)40-33(45)29-19-23-11-7-8-12-24(23)21-41(29)31(43)16-15-30(42)22-9-5-4-6-10-22/h4-14,20,28-29H,15-19,21H2,1-3H3,(H,38,46)(H,39,44)(H,40,45)/t28-,29-/m0/s1. The van der Waals surface area contributed by atoms with Crippen molar-refractivity contribution >= 4 is 58.5 Å². The minimum absolute atomic E-state index is 0.00635. The minimum Gasteiger partial charge on any atom is -0.444 e. The third-order valence-corrected chi connectivity index (χ3v) is 8.19. The number of carbonyl (C=O) groups is 5. The molecule has 0 aromatic heterocycles. The van der Waals surface area contributed by atoms with Crippen LogP contribution >= 0.6 is 23.2 Å². The number of ether oxygens (including phenoxy) is 1. The van der Waals surface area contributed by atoms with Crippen molar-refractivity contribution in [3.8, 4) is 0 Å². The lowest BCUT2D eigenvalue weighted by atomic mass is 9.92. The van der Waals surface area contributed by atoms with Gasteiger partial charge in [-0.1, -0.05) is 77.8 Å². The average molecular weight is 682 g/mol. The van der Waals surface area contributed by atoms with Crippen molar-refractivity contribution in [1.29, 1.82) is 0 Å². The van der Waals surface area contributed by atoms with Gasteiger partial charge in [-0.15, -0.1) is 0 Å². The molecule has 3 aromatic rings. The van der Waals surface area contributed by atoms with E-state index < -0.39 is 35.6 Å². The van der Waals surface area contributed by atoms with Crippen molar-refractivity contribution in [2.75, 3.05) is 11.9 Å². The van der Waals surface area contributed by atoms with E-state index in [9.17, 15) is 24.0 Å². The molecule has 0 radical (unpaired) electrons. The van der Waals surface area contributed by atoms with Gasteiger partial charge in [0.05, 0.1) is 10.0 Å². The molecule has 2 atom stereocenters. The summed E-state index contributed by atoms with van der Waals surface area (Å²) in [6.45, 7) is 5.37. The fourth-order valence-electron chi connectivity index (χ4n) is 5.12. The summed E-state index contributed by atoms with van der Waals surface area (Å²) in [7, 11) is 0. The molecule has 0 unspecified atom stereocenters. The molecule has 4 amide bonds. The lowest BCUT2D eigenvalue weighted by Crippen LogP contribution is -2.56. The predicted octanol–water partition coefficient (Wildman–Crippen LogP) is 5.95. The summed E-state index contributed by atoms with van der Waals surface area (Å²) in [6.07, 6.45) is -0.530. The zero-order valence-corrected chi connectivity index (χ0v) is 28.0. The van der Waals surface area contributed by atoms with Gasteiger partial charge in [-0.05, 0) is 56.5 Å². The molecule has 10 nitrogen and oxygen atoms in total. The molecule has 0 saturated heterocycles. The zero-order valence-electron chi connectivity index (χ0n) is 26.5. The van der Waals surface area contributed by atoms with E-state index in [1.54, 1.807) is 51.1 Å². The number of rotatable bonds is 11. The first-order valence-corrected chi connectivity index (χ1v) is 16.0. The third-order valence-electron chi connectivity index (χ3n) is 7.45. The van der Waals surface area contributed by atoms with Crippen molar-refractivity contribution in [2.45, 2.75) is 70.7 Å². The summed E-state index contributed by atoms with van der Waals surface area (Å²) in [5.74, 6) is -1.64. The quantitative estimate of drug-likeness (QED) is 0.214. The van der Waals surface area contributed by atoms with Crippen LogP contribution in [0, 0.1) is 0 Å². The zero-order chi connectivity index (χ0) is 34.1. The number of ketones is 1. The van der Waals surface area contributed by atoms with Gasteiger partial charge in [0.1, 0.15) is 17.7 Å². The van der Waals surface area contributed by atoms with Crippen LogP contribution in [0.3, 0.4) is 0 Å². The summed E-state index contributed by atoms with van der Waals surface area (Å²) in [5.41, 5.74) is 1.95. The number of hydrogen-bond donors (Lipinski definition) is 3. The predicted molar refractivity (Wildman–Crippen MR) is 180 cm³/mol. The number of amides is 4. The maximum atomic E-state index is 13.9. The van der Waals surface area contributed by atoms with Crippen molar-refractivity contribution < 1.29 is 28.7 Å². The highest BCUT2D eigenvalue weighted by Crippen LogP contribution is 2.26. The molecule has 1 aliphatic rings. The Morgan fingerprint density at radius 3 is 2.26 bits per heavy atom. The van der Waals surface area contributed by atoms with Crippen molar-refractivity contribution in [3.05, 3.63) is 99.5 Å². The second-order valence-corrected chi connectivity index (χ2v) is 13.0. The number of nitrogens with zero attached hydrogens (tertiary/aromatic N) is 1. The first kappa shape index (κ1) is 35.4. The van der Waals surface area contributed by atoms with Crippen LogP contribution in [0.25, 0.3) is 0 Å². The van der Waals surface area contributed by atoms with Crippen molar-refractivity contribution in [1.82, 2.24) is 15.5 Å². The van der Waals surface area contributed by atoms with Gasteiger partial charge in [0.15, 0.2) is 5.78 Å². The number of hydrogen-bond acceptors (Lipinski definition) is 6. The molecule has 0 fully saturated rings. The smallest absolute Gasteiger partial charge is 0.407 e. The van der Waals surface area contributed by atoms with Crippen LogP contribution in [0.1, 0.15) is 61.5 Å². The molecule has 4 rings (SSSR count). The summed E-state index contributed by atoms with van der Waals surface area (Å²) in [6, 6.07) is 18.8. The topological polar surface area (TPSA) is 134 Å². The highest BCUT2D eigenvalue weighted by molar-refractivity contribution is 6.42. The maximum Gasteiger partial charge on any atom is 0.407 e. The number of Topliss-reactive ketones (excluding diaryl/α,β-unsaturated/α-hetero) is 1. The Morgan fingerprint density at radius 2 is 1.57 bits per heavy atom. The molecular weight excluding hydrogens is 643 g/mol. The fraction of sp³-hybridized carbons (Fsp3) is 0.343. The lowest BCUT2D eigenvalue weighted by Gasteiger charge is -2.37. The van der Waals surface area contributed by atoms with Gasteiger partial charge in [-0.25, -0.2) is 4.79 Å². The normalized spacial score (nSPS) is 14.7. The largest absolute Gasteiger partial charge is 0.444 e. The second-order valence-electron chi connectivity index (χ2n) is 12.2. The number of alkyl carbamates (subject to hydrolysis) is 1. The van der Waals surface area contributed by atoms with E-state index in [1.807, 2.05) is 30.3 Å². The summed E-state index contributed by atoms with van der Waals surface area (Å²) in [5, 5.41) is 8.69. The monoisotopic (exact) mass is 680 g/mol. The molecule has 47 heavy (non-hydrogen) atoms. The van der Waals surface area contributed by atoms with Gasteiger partial charge in [0, 0.05) is 43.6 Å². The third kappa shape index (κ3) is 10.3. The van der Waals surface area contributed by atoms with E-state index in [1.165, 1.54) is 17.0 Å². The molecule has 0 spiro atoms. The molecule has 12 heteroatoms. The van der Waals surface area contributed by atoms with Crippen LogP contribution in [0.5, 0.6) is 0 Å². The summed E-state index contributed by atoms with van der Waals surface area (Å²) >= 11 is 12.1. The molecule has 248 valence electrons. The maximum absolute atomic E-state index is 13.9. The van der Waals surface area contributed by atoms with E-state index in [0.29, 0.717) is 16.3 Å². The Labute approximate surface area is 284 Å². The Balaban J connectivity index is 1.51. The number of anilines is 1. The van der Waals surface area contributed by atoms with Crippen LogP contribution in [-0.2, 0) is 32.1 Å². The van der Waals surface area contributed by atoms with Gasteiger partial charge in [-0.3, -0.25) is 19.2 Å². The Kier molecular flexibility index (Phi) is 12.0. The van der Waals surface area contributed by atoms with E-state index in [2.05, 4.69) is 16.0 Å². The van der Waals surface area contributed by atoms with Gasteiger partial charge in [0.2, 0.25) is 17.7 Å². The molecule has 3 N–H and O–H groups in total. The van der Waals surface area contributed by atoms with Crippen LogP contribution in [0.4, 0.5) is 10.5 Å². The minimum atomic E-state index is -1.11. The van der Waals surface area contributed by atoms with Crippen molar-refractivity contribution in [3.63, 3.8) is 0 Å². The lowest BCUT2D eigenvalue weighted by molar-refractivity contribution is -0.142. The van der Waals surface area contributed by atoms with Gasteiger partial charge in [-0.2, -0.15) is 0 Å². The van der Waals surface area contributed by atoms with Gasteiger partial charge < -0.3 is 25.6 Å². The first-order valence-electron chi connectivity index (χ1n) is 15.3. The van der Waals surface area contributed by atoms with Gasteiger partial charge >= 0.3 is 6.09 Å². The number of benzene rings is 3. The van der Waals surface area contributed by atoms with E-state index >= 15 is 0 Å². The van der Waals surface area contributed by atoms with E-state index in [-0.39, 0.29) is 55.5 Å². The Morgan fingerprint density at radius 1 is 0.894 bits per heavy atom. The molecule has 3 aromatic carbocycles. The van der Waals surface area contributed by atoms with Crippen LogP contribution in [0.2, 0.25) is 10.0 Å². The van der Waals surface area contributed by atoms with Gasteiger partial charge in [0.25, 0.3) is 0 Å². The van der Waals surface area contributed by atoms with Crippen molar-refractivity contribution in [2.24, 2.45) is 0 Å². The number of halogens is 2. The van der Waals surface area contributed by atoms with Crippen LogP contribution < -0.4 is 16.0 Å². The molecular formula is C35H38Cl2N4O6. The molecule has 0 saturated carbocycles. The van der Waals surface area contributed by atoms with Crippen LogP contribution in [0.15, 0.2) is 72.8 Å². The average Bonchev–Trinajstić information content (AvgIpc) is 3.03. The first-order chi connectivity index (χ1) is 22.3. The molecule has 0 bridgehead atoms. The Hall–Kier alpha value is -4.41. The van der Waals surface area contributed by atoms with E-state index in [4.69, 9.17) is 27.9 Å². The number of fused-ring (bicyclic) bond motifs is 1. The highest BCUT2D eigenvalue weighted by atomic mass is 35.5. The number of carbonyl (C=O) groups excluding carboxylic acids is 5. The molecule has 1 aliphatic heterocycles. The summed E-state index contributed by atoms with van der Waals surface area (Å²) in [4.78, 5) is 67.4. The summed E-state index contributed by atoms with van der Waals surface area (Å²) < 4.78 is 5.28. The SMILES string of the molecule is CC(C)(C)OC(=O)NCC[C@H](NC(=O)[C@@H]1Cc2ccccc2CN1C(=O)CCC(=O)c1ccccc1)C(=O)Nc1ccc(Cl)c(Cl)c1.